The molecule has 2 nitrogen and oxygen atoms in total. The molecule has 2 aromatic heterocycles. The zero-order valence-corrected chi connectivity index (χ0v) is 9.19. The summed E-state index contributed by atoms with van der Waals surface area (Å²) in [5, 5.41) is 0. The minimum atomic E-state index is 1.16. The van der Waals surface area contributed by atoms with Gasteiger partial charge in [-0.25, -0.2) is 4.98 Å². The molecule has 0 atom stereocenters. The lowest BCUT2D eigenvalue weighted by Gasteiger charge is -1.94. The SMILES string of the molecule is Brc1ccc(Sn2ccnc2)s1. The molecule has 2 rings (SSSR count). The average Bonchev–Trinajstić information content (AvgIpc) is 2.63. The largest absolute Gasteiger partial charge is 0.275 e. The molecule has 0 aliphatic carbocycles. The summed E-state index contributed by atoms with van der Waals surface area (Å²) < 4.78 is 4.38. The predicted octanol–water partition coefficient (Wildman–Crippen LogP) is 3.26. The van der Waals surface area contributed by atoms with E-state index in [-0.39, 0.29) is 0 Å². The first kappa shape index (κ1) is 8.34. The highest BCUT2D eigenvalue weighted by atomic mass is 79.9. The molecular formula is C7H5BrN2S2. The Bertz CT molecular complexity index is 355. The Morgan fingerprint density at radius 1 is 1.50 bits per heavy atom. The molecule has 5 heteroatoms. The molecule has 12 heavy (non-hydrogen) atoms. The fourth-order valence-corrected chi connectivity index (χ4v) is 3.42. The van der Waals surface area contributed by atoms with Crippen LogP contribution in [0.25, 0.3) is 0 Å². The minimum Gasteiger partial charge on any atom is -0.275 e. The van der Waals surface area contributed by atoms with E-state index in [0.29, 0.717) is 0 Å². The molecule has 0 fully saturated rings. The van der Waals surface area contributed by atoms with Crippen LogP contribution in [-0.2, 0) is 0 Å². The van der Waals surface area contributed by atoms with Gasteiger partial charge in [0.15, 0.2) is 0 Å². The number of thiophene rings is 1. The Balaban J connectivity index is 2.14. The van der Waals surface area contributed by atoms with Gasteiger partial charge in [0.2, 0.25) is 0 Å². The fraction of sp³-hybridized carbons (Fsp3) is 0. The van der Waals surface area contributed by atoms with Crippen molar-refractivity contribution < 1.29 is 0 Å². The summed E-state index contributed by atoms with van der Waals surface area (Å²) in [5.41, 5.74) is 0. The molecule has 0 bridgehead atoms. The van der Waals surface area contributed by atoms with Crippen LogP contribution in [0.4, 0.5) is 0 Å². The van der Waals surface area contributed by atoms with Gasteiger partial charge in [0.05, 0.1) is 8.00 Å². The van der Waals surface area contributed by atoms with E-state index in [4.69, 9.17) is 0 Å². The third-order valence-electron chi connectivity index (χ3n) is 1.22. The molecular weight excluding hydrogens is 256 g/mol. The highest BCUT2D eigenvalue weighted by Crippen LogP contribution is 2.30. The summed E-state index contributed by atoms with van der Waals surface area (Å²) in [6.07, 6.45) is 5.49. The van der Waals surface area contributed by atoms with Crippen molar-refractivity contribution in [1.82, 2.24) is 8.96 Å². The van der Waals surface area contributed by atoms with Crippen molar-refractivity contribution in [2.75, 3.05) is 0 Å². The molecule has 0 amide bonds. The Morgan fingerprint density at radius 2 is 2.42 bits per heavy atom. The fourth-order valence-electron chi connectivity index (χ4n) is 0.752. The summed E-state index contributed by atoms with van der Waals surface area (Å²) in [5.74, 6) is 0. The first-order valence-electron chi connectivity index (χ1n) is 3.26. The minimum absolute atomic E-state index is 1.16. The monoisotopic (exact) mass is 260 g/mol. The molecule has 0 aliphatic heterocycles. The van der Waals surface area contributed by atoms with Crippen LogP contribution in [0, 0.1) is 0 Å². The third-order valence-corrected chi connectivity index (χ3v) is 3.86. The second kappa shape index (κ2) is 3.64. The van der Waals surface area contributed by atoms with Gasteiger partial charge in [-0.05, 0) is 28.1 Å². The number of aromatic nitrogens is 2. The molecule has 0 aliphatic rings. The van der Waals surface area contributed by atoms with Crippen LogP contribution in [-0.4, -0.2) is 8.96 Å². The normalized spacial score (nSPS) is 10.4. The van der Waals surface area contributed by atoms with Crippen LogP contribution in [0.5, 0.6) is 0 Å². The van der Waals surface area contributed by atoms with Crippen molar-refractivity contribution >= 4 is 39.2 Å². The Morgan fingerprint density at radius 3 is 3.00 bits per heavy atom. The van der Waals surface area contributed by atoms with Gasteiger partial charge in [-0.1, -0.05) is 0 Å². The standard InChI is InChI=1S/C7H5BrN2S2/c8-6-1-2-7(11-6)12-10-4-3-9-5-10/h1-5H. The van der Waals surface area contributed by atoms with Crippen LogP contribution in [0.15, 0.2) is 38.8 Å². The topological polar surface area (TPSA) is 17.8 Å². The quantitative estimate of drug-likeness (QED) is 0.825. The number of nitrogens with zero attached hydrogens (tertiary/aromatic N) is 2. The summed E-state index contributed by atoms with van der Waals surface area (Å²) in [6.45, 7) is 0. The summed E-state index contributed by atoms with van der Waals surface area (Å²) in [7, 11) is 0. The number of rotatable bonds is 2. The van der Waals surface area contributed by atoms with E-state index in [2.05, 4.69) is 27.0 Å². The van der Waals surface area contributed by atoms with Gasteiger partial charge >= 0.3 is 0 Å². The average molecular weight is 261 g/mol. The maximum absolute atomic E-state index is 3.96. The number of hydrogen-bond donors (Lipinski definition) is 0. The Hall–Kier alpha value is -0.260. The molecule has 0 spiro atoms. The van der Waals surface area contributed by atoms with Gasteiger partial charge in [-0.2, -0.15) is 0 Å². The highest BCUT2D eigenvalue weighted by Gasteiger charge is 1.98. The maximum atomic E-state index is 3.96. The van der Waals surface area contributed by atoms with Crippen LogP contribution in [0.1, 0.15) is 0 Å². The van der Waals surface area contributed by atoms with Crippen molar-refractivity contribution in [3.8, 4) is 0 Å². The van der Waals surface area contributed by atoms with Gasteiger partial charge in [0.1, 0.15) is 6.33 Å². The molecule has 2 aromatic rings. The third kappa shape index (κ3) is 1.91. The van der Waals surface area contributed by atoms with E-state index in [0.717, 1.165) is 3.79 Å². The van der Waals surface area contributed by atoms with Crippen LogP contribution in [0.3, 0.4) is 0 Å². The lowest BCUT2D eigenvalue weighted by atomic mass is 10.7. The Labute approximate surface area is 86.9 Å². The lowest BCUT2D eigenvalue weighted by Crippen LogP contribution is -1.76. The van der Waals surface area contributed by atoms with Gasteiger partial charge in [-0.3, -0.25) is 3.97 Å². The zero-order chi connectivity index (χ0) is 8.39. The first-order chi connectivity index (χ1) is 5.84. The molecule has 2 heterocycles. The van der Waals surface area contributed by atoms with E-state index >= 15 is 0 Å². The molecule has 0 radical (unpaired) electrons. The van der Waals surface area contributed by atoms with Gasteiger partial charge in [0.25, 0.3) is 0 Å². The van der Waals surface area contributed by atoms with Gasteiger partial charge < -0.3 is 0 Å². The number of hydrogen-bond acceptors (Lipinski definition) is 3. The highest BCUT2D eigenvalue weighted by molar-refractivity contribution is 9.11. The van der Waals surface area contributed by atoms with Crippen molar-refractivity contribution in [2.45, 2.75) is 4.21 Å². The second-order valence-electron chi connectivity index (χ2n) is 2.07. The molecule has 62 valence electrons. The number of halogens is 1. The first-order valence-corrected chi connectivity index (χ1v) is 5.64. The molecule has 0 saturated heterocycles. The zero-order valence-electron chi connectivity index (χ0n) is 5.98. The van der Waals surface area contributed by atoms with E-state index in [9.17, 15) is 0 Å². The van der Waals surface area contributed by atoms with E-state index in [1.165, 1.54) is 4.21 Å². The van der Waals surface area contributed by atoms with Crippen molar-refractivity contribution in [2.24, 2.45) is 0 Å². The summed E-state index contributed by atoms with van der Waals surface area (Å²) >= 11 is 6.79. The van der Waals surface area contributed by atoms with Crippen LogP contribution < -0.4 is 0 Å². The summed E-state index contributed by atoms with van der Waals surface area (Å²) in [4.78, 5) is 3.96. The van der Waals surface area contributed by atoms with Crippen molar-refractivity contribution in [3.05, 3.63) is 34.6 Å². The van der Waals surface area contributed by atoms with Gasteiger partial charge in [-0.15, -0.1) is 11.3 Å². The Kier molecular flexibility index (Phi) is 2.53. The molecule has 0 saturated carbocycles. The molecule has 0 unspecified atom stereocenters. The molecule has 0 aromatic carbocycles. The number of imidazole rings is 1. The van der Waals surface area contributed by atoms with Crippen LogP contribution >= 0.6 is 39.2 Å². The van der Waals surface area contributed by atoms with E-state index in [1.807, 2.05) is 16.2 Å². The maximum Gasteiger partial charge on any atom is 0.105 e. The van der Waals surface area contributed by atoms with E-state index in [1.54, 1.807) is 35.8 Å². The van der Waals surface area contributed by atoms with Crippen molar-refractivity contribution in [1.29, 1.82) is 0 Å². The lowest BCUT2D eigenvalue weighted by molar-refractivity contribution is 1.23. The van der Waals surface area contributed by atoms with Gasteiger partial charge in [0, 0.05) is 24.3 Å². The predicted molar refractivity (Wildman–Crippen MR) is 55.5 cm³/mol. The smallest absolute Gasteiger partial charge is 0.105 e. The molecule has 0 N–H and O–H groups in total. The summed E-state index contributed by atoms with van der Waals surface area (Å²) in [6, 6.07) is 4.13. The second-order valence-corrected chi connectivity index (χ2v) is 5.84. The van der Waals surface area contributed by atoms with E-state index < -0.39 is 0 Å². The van der Waals surface area contributed by atoms with Crippen molar-refractivity contribution in [3.63, 3.8) is 0 Å². The van der Waals surface area contributed by atoms with Crippen LogP contribution in [0.2, 0.25) is 0 Å².